The minimum absolute atomic E-state index is 0.00393. The lowest BCUT2D eigenvalue weighted by Crippen LogP contribution is -2.46. The summed E-state index contributed by atoms with van der Waals surface area (Å²) >= 11 is 4.26. The second-order valence-corrected chi connectivity index (χ2v) is 5.46. The fraction of sp³-hybridized carbons (Fsp3) is 0.818. The number of carboxylic acids is 1. The fourth-order valence-corrected chi connectivity index (χ4v) is 3.18. The molecule has 1 heterocycles. The van der Waals surface area contributed by atoms with E-state index in [0.717, 1.165) is 25.7 Å². The third-order valence-corrected chi connectivity index (χ3v) is 3.92. The molecular weight excluding hydrogens is 226 g/mol. The summed E-state index contributed by atoms with van der Waals surface area (Å²) in [5.41, 5.74) is 0. The maximum Gasteiger partial charge on any atom is 0.326 e. The van der Waals surface area contributed by atoms with E-state index in [-0.39, 0.29) is 17.1 Å². The molecule has 0 radical (unpaired) electrons. The topological polar surface area (TPSA) is 57.6 Å². The summed E-state index contributed by atoms with van der Waals surface area (Å²) in [6, 6.07) is -0.618. The van der Waals surface area contributed by atoms with Crippen molar-refractivity contribution in [1.82, 2.24) is 4.90 Å². The van der Waals surface area contributed by atoms with Crippen LogP contribution in [0.2, 0.25) is 0 Å². The van der Waals surface area contributed by atoms with Gasteiger partial charge in [0.25, 0.3) is 0 Å². The number of aliphatic carboxylic acids is 1. The first-order valence-corrected chi connectivity index (χ1v) is 6.31. The number of hydrogen-bond donors (Lipinski definition) is 2. The quantitative estimate of drug-likeness (QED) is 0.731. The van der Waals surface area contributed by atoms with Crippen LogP contribution in [0.15, 0.2) is 0 Å². The van der Waals surface area contributed by atoms with Gasteiger partial charge in [-0.2, -0.15) is 12.6 Å². The molecule has 0 spiro atoms. The van der Waals surface area contributed by atoms with E-state index in [1.165, 1.54) is 4.90 Å². The van der Waals surface area contributed by atoms with E-state index < -0.39 is 12.0 Å². The molecule has 1 N–H and O–H groups in total. The van der Waals surface area contributed by atoms with Crippen molar-refractivity contribution in [2.45, 2.75) is 43.4 Å². The zero-order valence-corrected chi connectivity index (χ0v) is 10.0. The smallest absolute Gasteiger partial charge is 0.326 e. The van der Waals surface area contributed by atoms with Crippen LogP contribution in [0.3, 0.4) is 0 Å². The average Bonchev–Trinajstić information content (AvgIpc) is 2.78. The summed E-state index contributed by atoms with van der Waals surface area (Å²) in [4.78, 5) is 24.5. The van der Waals surface area contributed by atoms with Gasteiger partial charge < -0.3 is 10.0 Å². The molecule has 2 fully saturated rings. The van der Waals surface area contributed by atoms with Crippen molar-refractivity contribution in [1.29, 1.82) is 0 Å². The zero-order valence-electron chi connectivity index (χ0n) is 9.13. The van der Waals surface area contributed by atoms with Gasteiger partial charge in [-0.3, -0.25) is 4.79 Å². The van der Waals surface area contributed by atoms with Crippen LogP contribution in [-0.4, -0.2) is 39.7 Å². The van der Waals surface area contributed by atoms with Crippen molar-refractivity contribution in [2.24, 2.45) is 5.92 Å². The highest BCUT2D eigenvalue weighted by Crippen LogP contribution is 2.33. The SMILES string of the molecule is O=C(O)C(C1CCCC1)N1CC(S)CC1=O. The second-order valence-electron chi connectivity index (χ2n) is 4.73. The molecule has 1 aliphatic heterocycles. The van der Waals surface area contributed by atoms with Crippen LogP contribution in [0.1, 0.15) is 32.1 Å². The first kappa shape index (κ1) is 11.8. The van der Waals surface area contributed by atoms with Gasteiger partial charge >= 0.3 is 5.97 Å². The van der Waals surface area contributed by atoms with Gasteiger partial charge in [-0.25, -0.2) is 4.79 Å². The number of carbonyl (C=O) groups excluding carboxylic acids is 1. The highest BCUT2D eigenvalue weighted by atomic mass is 32.1. The first-order valence-electron chi connectivity index (χ1n) is 5.80. The Morgan fingerprint density at radius 1 is 1.44 bits per heavy atom. The molecule has 1 aliphatic carbocycles. The number of carboxylic acid groups (broad SMARTS) is 1. The van der Waals surface area contributed by atoms with E-state index in [0.29, 0.717) is 13.0 Å². The van der Waals surface area contributed by atoms with Gasteiger partial charge in [0.1, 0.15) is 6.04 Å². The largest absolute Gasteiger partial charge is 0.480 e. The van der Waals surface area contributed by atoms with Gasteiger partial charge in [0.2, 0.25) is 5.91 Å². The van der Waals surface area contributed by atoms with Crippen LogP contribution in [0.25, 0.3) is 0 Å². The number of amides is 1. The predicted molar refractivity (Wildman–Crippen MR) is 62.5 cm³/mol. The van der Waals surface area contributed by atoms with Crippen molar-refractivity contribution in [3.8, 4) is 0 Å². The Kier molecular flexibility index (Phi) is 3.42. The van der Waals surface area contributed by atoms with Crippen LogP contribution in [0.4, 0.5) is 0 Å². The Hall–Kier alpha value is -0.710. The van der Waals surface area contributed by atoms with E-state index in [9.17, 15) is 14.7 Å². The molecule has 90 valence electrons. The van der Waals surface area contributed by atoms with Crippen LogP contribution >= 0.6 is 12.6 Å². The van der Waals surface area contributed by atoms with Gasteiger partial charge in [0.05, 0.1) is 0 Å². The molecule has 0 aromatic rings. The normalized spacial score (nSPS) is 28.7. The van der Waals surface area contributed by atoms with Gasteiger partial charge in [-0.1, -0.05) is 12.8 Å². The molecule has 0 bridgehead atoms. The lowest BCUT2D eigenvalue weighted by molar-refractivity contribution is -0.150. The Morgan fingerprint density at radius 3 is 2.50 bits per heavy atom. The molecule has 1 saturated heterocycles. The maximum absolute atomic E-state index is 11.7. The van der Waals surface area contributed by atoms with Crippen LogP contribution in [-0.2, 0) is 9.59 Å². The number of thiol groups is 1. The van der Waals surface area contributed by atoms with E-state index in [2.05, 4.69) is 12.6 Å². The number of nitrogens with zero attached hydrogens (tertiary/aromatic N) is 1. The monoisotopic (exact) mass is 243 g/mol. The summed E-state index contributed by atoms with van der Waals surface area (Å²) in [6.07, 6.45) is 4.40. The Balaban J connectivity index is 2.12. The van der Waals surface area contributed by atoms with Crippen LogP contribution in [0.5, 0.6) is 0 Å². The van der Waals surface area contributed by atoms with Crippen molar-refractivity contribution in [2.75, 3.05) is 6.54 Å². The number of rotatable bonds is 3. The van der Waals surface area contributed by atoms with Gasteiger partial charge in [-0.05, 0) is 18.8 Å². The zero-order chi connectivity index (χ0) is 11.7. The summed E-state index contributed by atoms with van der Waals surface area (Å²) in [5, 5.41) is 9.28. The van der Waals surface area contributed by atoms with E-state index in [4.69, 9.17) is 0 Å². The molecule has 2 rings (SSSR count). The Morgan fingerprint density at radius 2 is 2.06 bits per heavy atom. The average molecular weight is 243 g/mol. The van der Waals surface area contributed by atoms with Crippen LogP contribution < -0.4 is 0 Å². The maximum atomic E-state index is 11.7. The molecule has 0 aromatic heterocycles. The second kappa shape index (κ2) is 4.65. The predicted octanol–water partition coefficient (Wildman–Crippen LogP) is 1.16. The molecule has 0 aromatic carbocycles. The Bertz CT molecular complexity index is 302. The molecule has 16 heavy (non-hydrogen) atoms. The van der Waals surface area contributed by atoms with Crippen molar-refractivity contribution in [3.05, 3.63) is 0 Å². The summed E-state index contributed by atoms with van der Waals surface area (Å²) in [7, 11) is 0. The molecule has 1 saturated carbocycles. The first-order chi connectivity index (χ1) is 7.59. The molecular formula is C11H17NO3S. The Labute approximate surface area is 100 Å². The lowest BCUT2D eigenvalue weighted by atomic mass is 9.97. The summed E-state index contributed by atoms with van der Waals surface area (Å²) in [5.74, 6) is -0.776. The number of likely N-dealkylation sites (tertiary alicyclic amines) is 1. The standard InChI is InChI=1S/C11H17NO3S/c13-9-5-8(16)6-12(9)10(11(14)15)7-3-1-2-4-7/h7-8,10,16H,1-6H2,(H,14,15). The fourth-order valence-electron chi connectivity index (χ4n) is 2.84. The molecule has 4 nitrogen and oxygen atoms in total. The lowest BCUT2D eigenvalue weighted by Gasteiger charge is -2.29. The van der Waals surface area contributed by atoms with Crippen molar-refractivity contribution >= 4 is 24.5 Å². The highest BCUT2D eigenvalue weighted by Gasteiger charge is 2.41. The van der Waals surface area contributed by atoms with E-state index in [1.807, 2.05) is 0 Å². The van der Waals surface area contributed by atoms with Crippen LogP contribution in [0, 0.1) is 5.92 Å². The molecule has 2 unspecified atom stereocenters. The molecule has 5 heteroatoms. The highest BCUT2D eigenvalue weighted by molar-refractivity contribution is 7.81. The third kappa shape index (κ3) is 2.19. The van der Waals surface area contributed by atoms with Crippen molar-refractivity contribution in [3.63, 3.8) is 0 Å². The van der Waals surface area contributed by atoms with Gasteiger partial charge in [-0.15, -0.1) is 0 Å². The van der Waals surface area contributed by atoms with E-state index in [1.54, 1.807) is 0 Å². The van der Waals surface area contributed by atoms with Crippen molar-refractivity contribution < 1.29 is 14.7 Å². The van der Waals surface area contributed by atoms with Gasteiger partial charge in [0, 0.05) is 18.2 Å². The third-order valence-electron chi connectivity index (χ3n) is 3.57. The van der Waals surface area contributed by atoms with Gasteiger partial charge in [0.15, 0.2) is 0 Å². The molecule has 2 aliphatic rings. The number of hydrogen-bond acceptors (Lipinski definition) is 3. The van der Waals surface area contributed by atoms with E-state index >= 15 is 0 Å². The summed E-state index contributed by atoms with van der Waals surface area (Å²) in [6.45, 7) is 0.482. The molecule has 1 amide bonds. The minimum Gasteiger partial charge on any atom is -0.480 e. The number of carbonyl (C=O) groups is 2. The molecule has 2 atom stereocenters. The minimum atomic E-state index is -0.859. The summed E-state index contributed by atoms with van der Waals surface area (Å²) < 4.78 is 0.